The van der Waals surface area contributed by atoms with Gasteiger partial charge < -0.3 is 14.8 Å². The highest BCUT2D eigenvalue weighted by atomic mass is 16.5. The van der Waals surface area contributed by atoms with E-state index in [0.717, 1.165) is 42.9 Å². The van der Waals surface area contributed by atoms with E-state index in [0.29, 0.717) is 13.2 Å². The van der Waals surface area contributed by atoms with Gasteiger partial charge in [0.2, 0.25) is 11.8 Å². The first-order valence-electron chi connectivity index (χ1n) is 8.61. The summed E-state index contributed by atoms with van der Waals surface area (Å²) in [6.45, 7) is 6.19. The summed E-state index contributed by atoms with van der Waals surface area (Å²) in [5, 5.41) is 7.49. The van der Waals surface area contributed by atoms with Crippen LogP contribution in [0.4, 0.5) is 0 Å². The summed E-state index contributed by atoms with van der Waals surface area (Å²) in [4.78, 5) is 14.7. The average Bonchev–Trinajstić information content (AvgIpc) is 3.13. The Morgan fingerprint density at radius 1 is 1.46 bits per heavy atom. The summed E-state index contributed by atoms with van der Waals surface area (Å²) in [6.07, 6.45) is 2.92. The van der Waals surface area contributed by atoms with E-state index in [-0.39, 0.29) is 18.0 Å². The van der Waals surface area contributed by atoms with Gasteiger partial charge in [-0.2, -0.15) is 5.10 Å². The molecule has 1 N–H and O–H groups in total. The molecule has 7 nitrogen and oxygen atoms in total. The Labute approximate surface area is 144 Å². The first-order chi connectivity index (χ1) is 11.5. The molecule has 0 bridgehead atoms. The number of ether oxygens (including phenoxy) is 2. The molecule has 0 unspecified atom stereocenters. The SMILES string of the molecule is COCCCNC(=O)[C@H](C)N1CCC[C@H]1c1c(C)nn(C)c1OC. The van der Waals surface area contributed by atoms with Crippen molar-refractivity contribution in [2.45, 2.75) is 45.2 Å². The Bertz CT molecular complexity index is 558. The molecule has 2 rings (SSSR count). The standard InChI is InChI=1S/C17H30N4O3/c1-12-15(17(24-5)20(3)19-12)14-8-6-10-21(14)13(2)16(22)18-9-7-11-23-4/h13-14H,6-11H2,1-5H3,(H,18,22)/t13-,14-/m0/s1. The average molecular weight is 338 g/mol. The highest BCUT2D eigenvalue weighted by Gasteiger charge is 2.36. The lowest BCUT2D eigenvalue weighted by atomic mass is 10.0. The van der Waals surface area contributed by atoms with E-state index in [4.69, 9.17) is 9.47 Å². The maximum atomic E-state index is 12.5. The molecule has 1 aromatic heterocycles. The van der Waals surface area contributed by atoms with Crippen LogP contribution in [0, 0.1) is 6.92 Å². The highest BCUT2D eigenvalue weighted by molar-refractivity contribution is 5.81. The number of aromatic nitrogens is 2. The Morgan fingerprint density at radius 2 is 2.21 bits per heavy atom. The Balaban J connectivity index is 2.09. The van der Waals surface area contributed by atoms with Gasteiger partial charge in [-0.15, -0.1) is 0 Å². The number of carbonyl (C=O) groups excluding carboxylic acids is 1. The summed E-state index contributed by atoms with van der Waals surface area (Å²) < 4.78 is 12.3. The van der Waals surface area contributed by atoms with Crippen molar-refractivity contribution in [1.82, 2.24) is 20.0 Å². The van der Waals surface area contributed by atoms with Gasteiger partial charge >= 0.3 is 0 Å². The molecule has 2 atom stereocenters. The van der Waals surface area contributed by atoms with Gasteiger partial charge in [0.15, 0.2) is 0 Å². The molecular weight excluding hydrogens is 308 g/mol. The molecular formula is C17H30N4O3. The van der Waals surface area contributed by atoms with Crippen molar-refractivity contribution < 1.29 is 14.3 Å². The van der Waals surface area contributed by atoms with Crippen molar-refractivity contribution in [1.29, 1.82) is 0 Å². The van der Waals surface area contributed by atoms with Crippen LogP contribution < -0.4 is 10.1 Å². The Hall–Kier alpha value is -1.60. The first-order valence-corrected chi connectivity index (χ1v) is 8.61. The zero-order valence-corrected chi connectivity index (χ0v) is 15.5. The molecule has 1 amide bonds. The van der Waals surface area contributed by atoms with E-state index in [9.17, 15) is 4.79 Å². The van der Waals surface area contributed by atoms with Gasteiger partial charge in [0, 0.05) is 33.4 Å². The number of aryl methyl sites for hydroxylation is 2. The minimum atomic E-state index is -0.177. The van der Waals surface area contributed by atoms with Crippen LogP contribution in [0.25, 0.3) is 0 Å². The second-order valence-corrected chi connectivity index (χ2v) is 6.34. The summed E-state index contributed by atoms with van der Waals surface area (Å²) in [7, 11) is 5.23. The Morgan fingerprint density at radius 3 is 2.88 bits per heavy atom. The van der Waals surface area contributed by atoms with Crippen molar-refractivity contribution >= 4 is 5.91 Å². The number of hydrogen-bond donors (Lipinski definition) is 1. The molecule has 7 heteroatoms. The number of amides is 1. The van der Waals surface area contributed by atoms with Crippen LogP contribution in [0.5, 0.6) is 5.88 Å². The predicted octanol–water partition coefficient (Wildman–Crippen LogP) is 1.42. The fourth-order valence-corrected chi connectivity index (χ4v) is 3.57. The van der Waals surface area contributed by atoms with E-state index in [1.54, 1.807) is 18.9 Å². The number of likely N-dealkylation sites (tertiary alicyclic amines) is 1. The minimum absolute atomic E-state index is 0.0681. The summed E-state index contributed by atoms with van der Waals surface area (Å²) in [5.41, 5.74) is 2.08. The number of carbonyl (C=O) groups is 1. The molecule has 0 aromatic carbocycles. The maximum absolute atomic E-state index is 12.5. The number of methoxy groups -OCH3 is 2. The van der Waals surface area contributed by atoms with Gasteiger partial charge in [-0.05, 0) is 39.7 Å². The predicted molar refractivity (Wildman–Crippen MR) is 92.1 cm³/mol. The van der Waals surface area contributed by atoms with Crippen molar-refractivity contribution in [3.63, 3.8) is 0 Å². The summed E-state index contributed by atoms with van der Waals surface area (Å²) >= 11 is 0. The van der Waals surface area contributed by atoms with Crippen LogP contribution in [0.1, 0.15) is 43.5 Å². The van der Waals surface area contributed by atoms with Gasteiger partial charge in [-0.3, -0.25) is 9.69 Å². The molecule has 1 aromatic rings. The molecule has 1 saturated heterocycles. The third kappa shape index (κ3) is 3.89. The second kappa shape index (κ2) is 8.48. The molecule has 1 aliphatic heterocycles. The molecule has 0 radical (unpaired) electrons. The molecule has 1 aliphatic rings. The van der Waals surface area contributed by atoms with Gasteiger partial charge in [-0.25, -0.2) is 4.68 Å². The maximum Gasteiger partial charge on any atom is 0.237 e. The van der Waals surface area contributed by atoms with Gasteiger partial charge in [0.05, 0.1) is 24.4 Å². The molecule has 1 fully saturated rings. The summed E-state index contributed by atoms with van der Waals surface area (Å²) in [5.74, 6) is 0.857. The van der Waals surface area contributed by atoms with Gasteiger partial charge in [0.25, 0.3) is 0 Å². The smallest absolute Gasteiger partial charge is 0.237 e. The number of nitrogens with zero attached hydrogens (tertiary/aromatic N) is 3. The lowest BCUT2D eigenvalue weighted by Crippen LogP contribution is -2.45. The zero-order valence-electron chi connectivity index (χ0n) is 15.5. The molecule has 0 spiro atoms. The largest absolute Gasteiger partial charge is 0.481 e. The minimum Gasteiger partial charge on any atom is -0.481 e. The molecule has 2 heterocycles. The van der Waals surface area contributed by atoms with Crippen molar-refractivity contribution in [3.05, 3.63) is 11.3 Å². The van der Waals surface area contributed by atoms with Crippen LogP contribution in [0.3, 0.4) is 0 Å². The molecule has 24 heavy (non-hydrogen) atoms. The zero-order chi connectivity index (χ0) is 17.7. The third-order valence-corrected chi connectivity index (χ3v) is 4.74. The third-order valence-electron chi connectivity index (χ3n) is 4.74. The lowest BCUT2D eigenvalue weighted by molar-refractivity contribution is -0.126. The van der Waals surface area contributed by atoms with E-state index in [1.165, 1.54) is 0 Å². The van der Waals surface area contributed by atoms with Crippen molar-refractivity contribution in [2.24, 2.45) is 7.05 Å². The van der Waals surface area contributed by atoms with Crippen LogP contribution in [0.2, 0.25) is 0 Å². The molecule has 0 aliphatic carbocycles. The highest BCUT2D eigenvalue weighted by Crippen LogP contribution is 2.39. The molecule has 136 valence electrons. The Kier molecular flexibility index (Phi) is 6.62. The fourth-order valence-electron chi connectivity index (χ4n) is 3.57. The van der Waals surface area contributed by atoms with Crippen LogP contribution >= 0.6 is 0 Å². The quantitative estimate of drug-likeness (QED) is 0.726. The lowest BCUT2D eigenvalue weighted by Gasteiger charge is -2.30. The van der Waals surface area contributed by atoms with Crippen molar-refractivity contribution in [2.75, 3.05) is 33.9 Å². The molecule has 0 saturated carbocycles. The number of rotatable bonds is 8. The van der Waals surface area contributed by atoms with Crippen LogP contribution in [-0.2, 0) is 16.6 Å². The van der Waals surface area contributed by atoms with E-state index < -0.39 is 0 Å². The van der Waals surface area contributed by atoms with Crippen molar-refractivity contribution in [3.8, 4) is 5.88 Å². The van der Waals surface area contributed by atoms with E-state index >= 15 is 0 Å². The number of nitrogens with one attached hydrogen (secondary N) is 1. The van der Waals surface area contributed by atoms with Crippen LogP contribution in [0.15, 0.2) is 0 Å². The fraction of sp³-hybridized carbons (Fsp3) is 0.765. The summed E-state index contributed by atoms with van der Waals surface area (Å²) in [6, 6.07) is -0.00210. The van der Waals surface area contributed by atoms with Crippen LogP contribution in [-0.4, -0.2) is 60.5 Å². The van der Waals surface area contributed by atoms with E-state index in [2.05, 4.69) is 15.3 Å². The number of hydrogen-bond acceptors (Lipinski definition) is 5. The van der Waals surface area contributed by atoms with E-state index in [1.807, 2.05) is 20.9 Å². The first kappa shape index (κ1) is 18.7. The monoisotopic (exact) mass is 338 g/mol. The normalized spacial score (nSPS) is 19.5. The van der Waals surface area contributed by atoms with Gasteiger partial charge in [-0.1, -0.05) is 0 Å². The topological polar surface area (TPSA) is 68.6 Å². The van der Waals surface area contributed by atoms with Gasteiger partial charge in [0.1, 0.15) is 0 Å². The second-order valence-electron chi connectivity index (χ2n) is 6.34.